The van der Waals surface area contributed by atoms with Crippen LogP contribution in [0.2, 0.25) is 10.0 Å². The van der Waals surface area contributed by atoms with Crippen molar-refractivity contribution in [3.8, 4) is 0 Å². The molecule has 24 heavy (non-hydrogen) atoms. The number of amides is 1. The van der Waals surface area contributed by atoms with Crippen LogP contribution < -0.4 is 10.0 Å². The Morgan fingerprint density at radius 3 is 2.08 bits per heavy atom. The minimum absolute atomic E-state index is 0.0449. The third-order valence-corrected chi connectivity index (χ3v) is 5.16. The van der Waals surface area contributed by atoms with Gasteiger partial charge in [-0.05, 0) is 49.4 Å². The fourth-order valence-corrected chi connectivity index (χ4v) is 3.47. The van der Waals surface area contributed by atoms with Gasteiger partial charge in [0.05, 0.1) is 15.4 Å². The van der Waals surface area contributed by atoms with Crippen LogP contribution >= 0.6 is 39.1 Å². The Hall–Kier alpha value is -1.28. The first-order chi connectivity index (χ1) is 11.2. The molecular formula is C15H13BrCl2N2O3S. The molecule has 0 saturated carbocycles. The molecule has 5 nitrogen and oxygen atoms in total. The van der Waals surface area contributed by atoms with Crippen molar-refractivity contribution in [2.45, 2.75) is 16.6 Å². The largest absolute Gasteiger partial charge is 0.325 e. The summed E-state index contributed by atoms with van der Waals surface area (Å²) >= 11 is 14.9. The molecule has 0 saturated heterocycles. The number of nitrogens with one attached hydrogen (secondary N) is 2. The van der Waals surface area contributed by atoms with Gasteiger partial charge in [0.1, 0.15) is 0 Å². The van der Waals surface area contributed by atoms with Crippen LogP contribution in [-0.4, -0.2) is 19.2 Å². The third kappa shape index (κ3) is 5.11. The number of hydrogen-bond acceptors (Lipinski definition) is 3. The first kappa shape index (κ1) is 19.1. The highest BCUT2D eigenvalue weighted by molar-refractivity contribution is 9.10. The predicted molar refractivity (Wildman–Crippen MR) is 101 cm³/mol. The van der Waals surface area contributed by atoms with Gasteiger partial charge in [-0.1, -0.05) is 39.1 Å². The van der Waals surface area contributed by atoms with Gasteiger partial charge in [0, 0.05) is 15.7 Å². The van der Waals surface area contributed by atoms with Gasteiger partial charge in [0.2, 0.25) is 5.91 Å². The number of sulfonamides is 1. The molecule has 0 heterocycles. The van der Waals surface area contributed by atoms with Gasteiger partial charge < -0.3 is 5.32 Å². The molecular weight excluding hydrogens is 439 g/mol. The van der Waals surface area contributed by atoms with E-state index in [0.717, 1.165) is 0 Å². The topological polar surface area (TPSA) is 75.3 Å². The van der Waals surface area contributed by atoms with Gasteiger partial charge in [-0.2, -0.15) is 0 Å². The van der Waals surface area contributed by atoms with E-state index in [9.17, 15) is 13.2 Å². The lowest BCUT2D eigenvalue weighted by atomic mass is 10.3. The smallest absolute Gasteiger partial charge is 0.261 e. The lowest BCUT2D eigenvalue weighted by Gasteiger charge is -2.10. The summed E-state index contributed by atoms with van der Waals surface area (Å²) < 4.78 is 27.2. The maximum absolute atomic E-state index is 12.4. The van der Waals surface area contributed by atoms with E-state index in [1.807, 2.05) is 0 Å². The van der Waals surface area contributed by atoms with Crippen molar-refractivity contribution in [2.75, 3.05) is 10.0 Å². The molecule has 0 bridgehead atoms. The van der Waals surface area contributed by atoms with Crippen LogP contribution in [0.3, 0.4) is 0 Å². The number of benzene rings is 2. The summed E-state index contributed by atoms with van der Waals surface area (Å²) in [7, 11) is -3.80. The second-order valence-electron chi connectivity index (χ2n) is 4.89. The van der Waals surface area contributed by atoms with E-state index in [4.69, 9.17) is 23.2 Å². The van der Waals surface area contributed by atoms with Gasteiger partial charge in [-0.15, -0.1) is 0 Å². The zero-order valence-corrected chi connectivity index (χ0v) is 16.3. The minimum atomic E-state index is -3.80. The predicted octanol–water partition coefficient (Wildman–Crippen LogP) is 4.52. The van der Waals surface area contributed by atoms with Crippen LogP contribution in [-0.2, 0) is 14.8 Å². The molecule has 0 aliphatic carbocycles. The van der Waals surface area contributed by atoms with Crippen molar-refractivity contribution in [2.24, 2.45) is 0 Å². The number of carbonyl (C=O) groups is 1. The van der Waals surface area contributed by atoms with Crippen molar-refractivity contribution in [1.82, 2.24) is 0 Å². The maximum Gasteiger partial charge on any atom is 0.261 e. The van der Waals surface area contributed by atoms with Crippen LogP contribution in [0.1, 0.15) is 6.92 Å². The normalized spacial score (nSPS) is 12.5. The Kier molecular flexibility index (Phi) is 6.14. The molecule has 0 aromatic heterocycles. The van der Waals surface area contributed by atoms with E-state index < -0.39 is 10.0 Å². The molecule has 1 unspecified atom stereocenters. The van der Waals surface area contributed by atoms with Crippen LogP contribution in [0.25, 0.3) is 0 Å². The number of carbonyl (C=O) groups excluding carboxylic acids is 1. The number of hydrogen-bond donors (Lipinski definition) is 2. The molecule has 0 spiro atoms. The van der Waals surface area contributed by atoms with Gasteiger partial charge in [0.25, 0.3) is 10.0 Å². The summed E-state index contributed by atoms with van der Waals surface area (Å²) in [5, 5.41) is 3.29. The van der Waals surface area contributed by atoms with E-state index in [1.165, 1.54) is 42.5 Å². The highest BCUT2D eigenvalue weighted by Gasteiger charge is 2.15. The monoisotopic (exact) mass is 450 g/mol. The van der Waals surface area contributed by atoms with E-state index in [1.54, 1.807) is 6.92 Å². The number of anilines is 2. The zero-order valence-electron chi connectivity index (χ0n) is 12.4. The quantitative estimate of drug-likeness (QED) is 0.656. The Morgan fingerprint density at radius 1 is 1.04 bits per heavy atom. The zero-order chi connectivity index (χ0) is 17.9. The summed E-state index contributed by atoms with van der Waals surface area (Å²) in [5.74, 6) is -0.225. The van der Waals surface area contributed by atoms with Crippen molar-refractivity contribution >= 4 is 66.4 Å². The van der Waals surface area contributed by atoms with E-state index in [2.05, 4.69) is 26.0 Å². The summed E-state index contributed by atoms with van der Waals surface area (Å²) in [6.07, 6.45) is 0. The summed E-state index contributed by atoms with van der Waals surface area (Å²) in [5.41, 5.74) is 0.758. The molecule has 128 valence electrons. The first-order valence-corrected chi connectivity index (χ1v) is 9.87. The molecule has 0 aliphatic rings. The molecule has 0 radical (unpaired) electrons. The fourth-order valence-electron chi connectivity index (χ4n) is 1.79. The average molecular weight is 452 g/mol. The Morgan fingerprint density at radius 2 is 1.58 bits per heavy atom. The second-order valence-corrected chi connectivity index (χ2v) is 8.82. The number of rotatable bonds is 5. The van der Waals surface area contributed by atoms with Crippen molar-refractivity contribution in [3.05, 3.63) is 52.5 Å². The second kappa shape index (κ2) is 7.74. The molecule has 2 aromatic rings. The Bertz CT molecular complexity index is 835. The molecule has 2 rings (SSSR count). The maximum atomic E-state index is 12.4. The van der Waals surface area contributed by atoms with Crippen LogP contribution in [0, 0.1) is 0 Å². The van der Waals surface area contributed by atoms with Gasteiger partial charge >= 0.3 is 0 Å². The molecule has 1 amide bonds. The Labute approximate surface area is 158 Å². The van der Waals surface area contributed by atoms with E-state index in [0.29, 0.717) is 15.7 Å². The van der Waals surface area contributed by atoms with Crippen LogP contribution in [0.15, 0.2) is 47.4 Å². The molecule has 0 fully saturated rings. The van der Waals surface area contributed by atoms with Crippen molar-refractivity contribution < 1.29 is 13.2 Å². The number of alkyl halides is 1. The Balaban J connectivity index is 2.19. The fraction of sp³-hybridized carbons (Fsp3) is 0.133. The lowest BCUT2D eigenvalue weighted by Crippen LogP contribution is -2.20. The highest BCUT2D eigenvalue weighted by Crippen LogP contribution is 2.25. The van der Waals surface area contributed by atoms with Gasteiger partial charge in [0.15, 0.2) is 0 Å². The molecule has 2 aromatic carbocycles. The van der Waals surface area contributed by atoms with Crippen molar-refractivity contribution in [1.29, 1.82) is 0 Å². The summed E-state index contributed by atoms with van der Waals surface area (Å²) in [4.78, 5) is 11.3. The first-order valence-electron chi connectivity index (χ1n) is 6.71. The molecule has 0 aliphatic heterocycles. The number of halogens is 3. The highest BCUT2D eigenvalue weighted by atomic mass is 79.9. The van der Waals surface area contributed by atoms with Crippen LogP contribution in [0.5, 0.6) is 0 Å². The lowest BCUT2D eigenvalue weighted by molar-refractivity contribution is -0.115. The van der Waals surface area contributed by atoms with Gasteiger partial charge in [-0.3, -0.25) is 9.52 Å². The SMILES string of the molecule is CC(Br)C(=O)Nc1ccc(S(=O)(=O)Nc2cc(Cl)cc(Cl)c2)cc1. The summed E-state index contributed by atoms with van der Waals surface area (Å²) in [6, 6.07) is 10.2. The molecule has 9 heteroatoms. The van der Waals surface area contributed by atoms with E-state index in [-0.39, 0.29) is 21.3 Å². The molecule has 2 N–H and O–H groups in total. The van der Waals surface area contributed by atoms with Gasteiger partial charge in [-0.25, -0.2) is 8.42 Å². The van der Waals surface area contributed by atoms with Crippen LogP contribution in [0.4, 0.5) is 11.4 Å². The molecule has 1 atom stereocenters. The third-order valence-electron chi connectivity index (χ3n) is 2.91. The average Bonchev–Trinajstić information content (AvgIpc) is 2.46. The van der Waals surface area contributed by atoms with Crippen molar-refractivity contribution in [3.63, 3.8) is 0 Å². The van der Waals surface area contributed by atoms with E-state index >= 15 is 0 Å². The standard InChI is InChI=1S/C15H13BrCl2N2O3S/c1-9(16)15(21)19-12-2-4-14(5-3-12)24(22,23)20-13-7-10(17)6-11(18)8-13/h2-9,20H,1H3,(H,19,21). The summed E-state index contributed by atoms with van der Waals surface area (Å²) in [6.45, 7) is 1.69. The minimum Gasteiger partial charge on any atom is -0.325 e.